The van der Waals surface area contributed by atoms with E-state index in [0.29, 0.717) is 12.1 Å². The predicted molar refractivity (Wildman–Crippen MR) is 66.6 cm³/mol. The summed E-state index contributed by atoms with van der Waals surface area (Å²) in [6.45, 7) is 2.10. The molecule has 0 spiro atoms. The molecule has 2 rings (SSSR count). The second-order valence-corrected chi connectivity index (χ2v) is 5.30. The second-order valence-electron chi connectivity index (χ2n) is 5.30. The van der Waals surface area contributed by atoms with E-state index in [-0.39, 0.29) is 18.7 Å². The van der Waals surface area contributed by atoms with Crippen LogP contribution in [-0.4, -0.2) is 34.4 Å². The minimum Gasteiger partial charge on any atom is -0.335 e. The van der Waals surface area contributed by atoms with Crippen molar-refractivity contribution in [1.82, 2.24) is 4.90 Å². The highest BCUT2D eigenvalue weighted by Gasteiger charge is 2.41. The van der Waals surface area contributed by atoms with E-state index in [0.717, 1.165) is 6.07 Å². The molecule has 0 unspecified atom stereocenters. The molecule has 0 atom stereocenters. The Morgan fingerprint density at radius 2 is 2.00 bits per heavy atom. The molecule has 1 aliphatic heterocycles. The lowest BCUT2D eigenvalue weighted by molar-refractivity contribution is -0.385. The van der Waals surface area contributed by atoms with Gasteiger partial charge in [0, 0.05) is 24.7 Å². The number of amides is 1. The fourth-order valence-corrected chi connectivity index (χ4v) is 2.18. The standard InChI is InChI=1S/C12H12F3N3O3/c1-11(16)5-17(6-11)10(19)8-3-2-7(12(13,14)15)4-9(8)18(20)21/h2-4H,5-6,16H2,1H3. The van der Waals surface area contributed by atoms with Crippen molar-refractivity contribution >= 4 is 11.6 Å². The quantitative estimate of drug-likeness (QED) is 0.666. The lowest BCUT2D eigenvalue weighted by atomic mass is 9.92. The zero-order valence-electron chi connectivity index (χ0n) is 11.0. The molecule has 0 bridgehead atoms. The summed E-state index contributed by atoms with van der Waals surface area (Å²) >= 11 is 0. The Kier molecular flexibility index (Phi) is 3.40. The van der Waals surface area contributed by atoms with Gasteiger partial charge in [-0.2, -0.15) is 13.2 Å². The molecular weight excluding hydrogens is 291 g/mol. The largest absolute Gasteiger partial charge is 0.416 e. The van der Waals surface area contributed by atoms with Crippen molar-refractivity contribution in [2.45, 2.75) is 18.6 Å². The van der Waals surface area contributed by atoms with Gasteiger partial charge in [0.15, 0.2) is 0 Å². The second kappa shape index (κ2) is 4.69. The number of nitro groups is 1. The average Bonchev–Trinajstić information content (AvgIpc) is 2.33. The Balaban J connectivity index is 2.36. The smallest absolute Gasteiger partial charge is 0.335 e. The SMILES string of the molecule is CC1(N)CN(C(=O)c2ccc(C(F)(F)F)cc2[N+](=O)[O-])C1. The Morgan fingerprint density at radius 1 is 1.43 bits per heavy atom. The van der Waals surface area contributed by atoms with Crippen molar-refractivity contribution in [2.75, 3.05) is 13.1 Å². The molecule has 1 saturated heterocycles. The topological polar surface area (TPSA) is 89.5 Å². The van der Waals surface area contributed by atoms with Crippen molar-refractivity contribution in [3.05, 3.63) is 39.4 Å². The number of hydrogen-bond donors (Lipinski definition) is 1. The van der Waals surface area contributed by atoms with Crippen molar-refractivity contribution in [3.63, 3.8) is 0 Å². The summed E-state index contributed by atoms with van der Waals surface area (Å²) in [4.78, 5) is 23.3. The van der Waals surface area contributed by atoms with Crippen LogP contribution in [0, 0.1) is 10.1 Å². The number of benzene rings is 1. The lowest BCUT2D eigenvalue weighted by Gasteiger charge is -2.45. The zero-order valence-corrected chi connectivity index (χ0v) is 11.0. The first-order chi connectivity index (χ1) is 9.51. The molecule has 2 N–H and O–H groups in total. The molecule has 0 radical (unpaired) electrons. The van der Waals surface area contributed by atoms with Gasteiger partial charge in [-0.25, -0.2) is 0 Å². The Labute approximate surface area is 117 Å². The number of alkyl halides is 3. The fourth-order valence-electron chi connectivity index (χ4n) is 2.18. The van der Waals surface area contributed by atoms with Crippen LogP contribution in [-0.2, 0) is 6.18 Å². The minimum atomic E-state index is -4.71. The predicted octanol–water partition coefficient (Wildman–Crippen LogP) is 1.79. The Bertz CT molecular complexity index is 606. The maximum atomic E-state index is 12.6. The number of nitro benzene ring substituents is 1. The molecule has 114 valence electrons. The van der Waals surface area contributed by atoms with Gasteiger partial charge in [-0.3, -0.25) is 14.9 Å². The first-order valence-electron chi connectivity index (χ1n) is 5.95. The van der Waals surface area contributed by atoms with Crippen LogP contribution in [0.15, 0.2) is 18.2 Å². The number of hydrogen-bond acceptors (Lipinski definition) is 4. The van der Waals surface area contributed by atoms with E-state index in [9.17, 15) is 28.1 Å². The Morgan fingerprint density at radius 3 is 2.43 bits per heavy atom. The van der Waals surface area contributed by atoms with E-state index in [2.05, 4.69) is 0 Å². The normalized spacial score (nSPS) is 17.3. The van der Waals surface area contributed by atoms with Crippen LogP contribution in [0.3, 0.4) is 0 Å². The molecule has 1 aliphatic rings. The molecule has 9 heteroatoms. The maximum absolute atomic E-state index is 12.6. The van der Waals surface area contributed by atoms with Gasteiger partial charge < -0.3 is 10.6 Å². The zero-order chi connectivity index (χ0) is 16.0. The van der Waals surface area contributed by atoms with Gasteiger partial charge >= 0.3 is 6.18 Å². The average molecular weight is 303 g/mol. The van der Waals surface area contributed by atoms with Gasteiger partial charge in [0.2, 0.25) is 0 Å². The molecule has 1 amide bonds. The van der Waals surface area contributed by atoms with Crippen LogP contribution >= 0.6 is 0 Å². The fraction of sp³-hybridized carbons (Fsp3) is 0.417. The first-order valence-corrected chi connectivity index (χ1v) is 5.95. The Hall–Kier alpha value is -2.16. The van der Waals surface area contributed by atoms with E-state index in [4.69, 9.17) is 5.73 Å². The number of nitrogens with zero attached hydrogens (tertiary/aromatic N) is 2. The maximum Gasteiger partial charge on any atom is 0.416 e. The molecule has 1 aromatic carbocycles. The summed E-state index contributed by atoms with van der Waals surface area (Å²) in [5.41, 5.74) is 2.76. The van der Waals surface area contributed by atoms with Crippen molar-refractivity contribution in [2.24, 2.45) is 5.73 Å². The molecule has 1 fully saturated rings. The van der Waals surface area contributed by atoms with Crippen LogP contribution in [0.2, 0.25) is 0 Å². The van der Waals surface area contributed by atoms with Gasteiger partial charge in [-0.05, 0) is 19.1 Å². The third kappa shape index (κ3) is 2.97. The van der Waals surface area contributed by atoms with Crippen LogP contribution < -0.4 is 5.73 Å². The number of nitrogens with two attached hydrogens (primary N) is 1. The van der Waals surface area contributed by atoms with Crippen LogP contribution in [0.25, 0.3) is 0 Å². The molecule has 0 aliphatic carbocycles. The highest BCUT2D eigenvalue weighted by atomic mass is 19.4. The van der Waals surface area contributed by atoms with Gasteiger partial charge in [-0.1, -0.05) is 0 Å². The van der Waals surface area contributed by atoms with Crippen molar-refractivity contribution < 1.29 is 22.9 Å². The summed E-state index contributed by atoms with van der Waals surface area (Å²) in [5, 5.41) is 10.9. The third-order valence-corrected chi connectivity index (χ3v) is 3.14. The lowest BCUT2D eigenvalue weighted by Crippen LogP contribution is -2.66. The van der Waals surface area contributed by atoms with E-state index in [1.165, 1.54) is 4.90 Å². The summed E-state index contributed by atoms with van der Waals surface area (Å²) in [6, 6.07) is 1.85. The molecule has 21 heavy (non-hydrogen) atoms. The van der Waals surface area contributed by atoms with E-state index in [1.54, 1.807) is 6.92 Å². The van der Waals surface area contributed by atoms with Crippen LogP contribution in [0.5, 0.6) is 0 Å². The molecular formula is C12H12F3N3O3. The summed E-state index contributed by atoms with van der Waals surface area (Å²) in [7, 11) is 0. The summed E-state index contributed by atoms with van der Waals surface area (Å²) in [5.74, 6) is -0.696. The highest BCUT2D eigenvalue weighted by molar-refractivity contribution is 5.98. The van der Waals surface area contributed by atoms with Gasteiger partial charge in [0.1, 0.15) is 5.56 Å². The summed E-state index contributed by atoms with van der Waals surface area (Å²) < 4.78 is 37.7. The number of halogens is 3. The number of carbonyl (C=O) groups excluding carboxylic acids is 1. The molecule has 6 nitrogen and oxygen atoms in total. The van der Waals surface area contributed by atoms with E-state index >= 15 is 0 Å². The number of likely N-dealkylation sites (tertiary alicyclic amines) is 1. The number of rotatable bonds is 2. The van der Waals surface area contributed by atoms with E-state index < -0.39 is 33.8 Å². The van der Waals surface area contributed by atoms with Crippen molar-refractivity contribution in [1.29, 1.82) is 0 Å². The molecule has 1 aromatic rings. The van der Waals surface area contributed by atoms with Crippen molar-refractivity contribution in [3.8, 4) is 0 Å². The molecule has 0 saturated carbocycles. The minimum absolute atomic E-state index is 0.198. The monoisotopic (exact) mass is 303 g/mol. The van der Waals surface area contributed by atoms with Crippen LogP contribution in [0.4, 0.5) is 18.9 Å². The summed E-state index contributed by atoms with van der Waals surface area (Å²) in [6.07, 6.45) is -4.71. The molecule has 0 aromatic heterocycles. The third-order valence-electron chi connectivity index (χ3n) is 3.14. The number of carbonyl (C=O) groups is 1. The van der Waals surface area contributed by atoms with E-state index in [1.807, 2.05) is 0 Å². The van der Waals surface area contributed by atoms with Gasteiger partial charge in [-0.15, -0.1) is 0 Å². The molecule has 1 heterocycles. The first kappa shape index (κ1) is 15.2. The highest BCUT2D eigenvalue weighted by Crippen LogP contribution is 2.34. The van der Waals surface area contributed by atoms with Gasteiger partial charge in [0.25, 0.3) is 11.6 Å². The van der Waals surface area contributed by atoms with Crippen LogP contribution in [0.1, 0.15) is 22.8 Å². The van der Waals surface area contributed by atoms with Gasteiger partial charge in [0.05, 0.1) is 10.5 Å².